The molecule has 0 aromatic heterocycles. The minimum Gasteiger partial charge on any atom is -0.322 e. The summed E-state index contributed by atoms with van der Waals surface area (Å²) in [6.07, 6.45) is 4.04. The molecule has 3 fully saturated rings. The van der Waals surface area contributed by atoms with Crippen LogP contribution in [0.25, 0.3) is 0 Å². The van der Waals surface area contributed by atoms with Crippen LogP contribution < -0.4 is 5.73 Å². The molecule has 5 atom stereocenters. The Bertz CT molecular complexity index is 857. The number of nitriles is 2. The van der Waals surface area contributed by atoms with Gasteiger partial charge >= 0.3 is 0 Å². The molecule has 2 N–H and O–H groups in total. The largest absolute Gasteiger partial charge is 0.322 e. The summed E-state index contributed by atoms with van der Waals surface area (Å²) in [6.45, 7) is 11.4. The van der Waals surface area contributed by atoms with E-state index in [4.69, 9.17) is 11.0 Å². The van der Waals surface area contributed by atoms with Crippen LogP contribution in [0.5, 0.6) is 0 Å². The summed E-state index contributed by atoms with van der Waals surface area (Å²) in [5.74, 6) is 0.446. The Morgan fingerprint density at radius 1 is 1.18 bits per heavy atom. The number of benzene rings is 1. The molecule has 7 heteroatoms. The number of hydrogen-bond donors (Lipinski definition) is 1. The molecule has 4 rings (SSSR count). The van der Waals surface area contributed by atoms with E-state index < -0.39 is 6.04 Å². The zero-order chi connectivity index (χ0) is 25.3. The van der Waals surface area contributed by atoms with Gasteiger partial charge < -0.3 is 15.5 Å². The summed E-state index contributed by atoms with van der Waals surface area (Å²) in [7, 11) is 2.05. The molecule has 1 saturated carbocycles. The van der Waals surface area contributed by atoms with E-state index in [1.807, 2.05) is 52.0 Å². The van der Waals surface area contributed by atoms with Crippen LogP contribution in [-0.2, 0) is 11.3 Å². The molecule has 0 radical (unpaired) electrons. The SMILES string of the molecule is CC.CC.CN(C[C@H](N)C(=O)N1C(C#N)CC2CC21)C1CCCN(Cc2ccc(C#N)cc2)C1. The first-order valence-corrected chi connectivity index (χ1v) is 12.9. The van der Waals surface area contributed by atoms with Crippen LogP contribution in [0.15, 0.2) is 24.3 Å². The zero-order valence-corrected chi connectivity index (χ0v) is 21.6. The van der Waals surface area contributed by atoms with Gasteiger partial charge in [-0.1, -0.05) is 39.8 Å². The number of amides is 1. The smallest absolute Gasteiger partial charge is 0.242 e. The Balaban J connectivity index is 0.000000970. The first kappa shape index (κ1) is 27.8. The van der Waals surface area contributed by atoms with Crippen molar-refractivity contribution in [1.82, 2.24) is 14.7 Å². The maximum Gasteiger partial charge on any atom is 0.242 e. The Labute approximate surface area is 206 Å². The normalized spacial score (nSPS) is 26.1. The van der Waals surface area contributed by atoms with Gasteiger partial charge in [-0.3, -0.25) is 9.69 Å². The quantitative estimate of drug-likeness (QED) is 0.690. The fourth-order valence-corrected chi connectivity index (χ4v) is 5.10. The number of nitrogens with two attached hydrogens (primary N) is 1. The molecule has 1 amide bonds. The Morgan fingerprint density at radius 3 is 2.47 bits per heavy atom. The van der Waals surface area contributed by atoms with Crippen molar-refractivity contribution in [2.45, 2.75) is 84.1 Å². The lowest BCUT2D eigenvalue weighted by molar-refractivity contribution is -0.134. The number of fused-ring (bicyclic) bond motifs is 1. The van der Waals surface area contributed by atoms with Crippen molar-refractivity contribution in [1.29, 1.82) is 10.5 Å². The van der Waals surface area contributed by atoms with E-state index in [0.717, 1.165) is 45.3 Å². The molecule has 0 spiro atoms. The second-order valence-electron chi connectivity index (χ2n) is 9.08. The van der Waals surface area contributed by atoms with Crippen LogP contribution >= 0.6 is 0 Å². The maximum absolute atomic E-state index is 12.9. The first-order valence-electron chi connectivity index (χ1n) is 12.9. The van der Waals surface area contributed by atoms with Gasteiger partial charge in [-0.05, 0) is 62.9 Å². The summed E-state index contributed by atoms with van der Waals surface area (Å²) in [6, 6.07) is 11.9. The van der Waals surface area contributed by atoms with E-state index in [1.54, 1.807) is 4.90 Å². The highest BCUT2D eigenvalue weighted by molar-refractivity contribution is 5.83. The average molecular weight is 467 g/mol. The third-order valence-corrected chi connectivity index (χ3v) is 6.90. The van der Waals surface area contributed by atoms with E-state index in [0.29, 0.717) is 24.1 Å². The van der Waals surface area contributed by atoms with Crippen LogP contribution in [0.1, 0.15) is 64.5 Å². The van der Waals surface area contributed by atoms with Crippen LogP contribution in [-0.4, -0.2) is 71.5 Å². The van der Waals surface area contributed by atoms with Crippen molar-refractivity contribution in [2.75, 3.05) is 26.7 Å². The minimum atomic E-state index is -0.584. The number of piperidine rings is 2. The average Bonchev–Trinajstić information content (AvgIpc) is 3.56. The van der Waals surface area contributed by atoms with Crippen LogP contribution in [0.3, 0.4) is 0 Å². The van der Waals surface area contributed by atoms with Crippen molar-refractivity contribution < 1.29 is 4.79 Å². The third-order valence-electron chi connectivity index (χ3n) is 6.90. The summed E-state index contributed by atoms with van der Waals surface area (Å²) in [5, 5.41) is 18.3. The van der Waals surface area contributed by atoms with Crippen molar-refractivity contribution in [3.05, 3.63) is 35.4 Å². The minimum absolute atomic E-state index is 0.0661. The number of nitrogens with zero attached hydrogens (tertiary/aromatic N) is 5. The first-order chi connectivity index (χ1) is 16.5. The van der Waals surface area contributed by atoms with Crippen LogP contribution in [0.2, 0.25) is 0 Å². The third kappa shape index (κ3) is 6.79. The predicted octanol–water partition coefficient (Wildman–Crippen LogP) is 3.35. The van der Waals surface area contributed by atoms with Crippen LogP contribution in [0, 0.1) is 28.6 Å². The van der Waals surface area contributed by atoms with Crippen molar-refractivity contribution in [3.63, 3.8) is 0 Å². The molecule has 1 aromatic carbocycles. The highest BCUT2D eigenvalue weighted by Crippen LogP contribution is 2.47. The van der Waals surface area contributed by atoms with Gasteiger partial charge in [-0.2, -0.15) is 10.5 Å². The van der Waals surface area contributed by atoms with E-state index in [2.05, 4.69) is 29.0 Å². The van der Waals surface area contributed by atoms with Gasteiger partial charge in [-0.25, -0.2) is 0 Å². The molecule has 2 saturated heterocycles. The predicted molar refractivity (Wildman–Crippen MR) is 136 cm³/mol. The molecule has 4 unspecified atom stereocenters. The highest BCUT2D eigenvalue weighted by Gasteiger charge is 2.54. The van der Waals surface area contributed by atoms with Crippen LogP contribution in [0.4, 0.5) is 0 Å². The number of carbonyl (C=O) groups excluding carboxylic acids is 1. The number of carbonyl (C=O) groups is 1. The molecular weight excluding hydrogens is 424 g/mol. The van der Waals surface area contributed by atoms with Crippen molar-refractivity contribution >= 4 is 5.91 Å². The zero-order valence-electron chi connectivity index (χ0n) is 21.6. The maximum atomic E-state index is 12.9. The molecule has 0 bridgehead atoms. The Morgan fingerprint density at radius 2 is 1.85 bits per heavy atom. The standard InChI is InChI=1S/C23H30N6O.2C2H6/c1-27(15-21(26)23(30)29-20(12-25)9-18-10-22(18)29)19-3-2-8-28(14-19)13-17-6-4-16(11-24)5-7-17;2*1-2/h4-7,18-22H,2-3,8-10,13-15,26H2,1H3;2*1-2H3/t18?,19?,20?,21-,22?;;/m0../s1. The fraction of sp³-hybridized carbons (Fsp3) is 0.667. The molecule has 2 aliphatic heterocycles. The van der Waals surface area contributed by atoms with Gasteiger partial charge in [0, 0.05) is 31.7 Å². The van der Waals surface area contributed by atoms with Gasteiger partial charge in [0.2, 0.25) is 5.91 Å². The van der Waals surface area contributed by atoms with E-state index in [-0.39, 0.29) is 18.0 Å². The lowest BCUT2D eigenvalue weighted by atomic mass is 10.0. The second kappa shape index (κ2) is 13.4. The second-order valence-corrected chi connectivity index (χ2v) is 9.08. The van der Waals surface area contributed by atoms with E-state index >= 15 is 0 Å². The van der Waals surface area contributed by atoms with Gasteiger partial charge in [-0.15, -0.1) is 0 Å². The molecule has 186 valence electrons. The highest BCUT2D eigenvalue weighted by atomic mass is 16.2. The lowest BCUT2D eigenvalue weighted by Crippen LogP contribution is -2.54. The molecule has 1 aliphatic carbocycles. The Kier molecular flexibility index (Phi) is 11.0. The summed E-state index contributed by atoms with van der Waals surface area (Å²) in [4.78, 5) is 19.3. The molecule has 34 heavy (non-hydrogen) atoms. The number of likely N-dealkylation sites (tertiary alicyclic amines) is 2. The number of hydrogen-bond acceptors (Lipinski definition) is 6. The van der Waals surface area contributed by atoms with Gasteiger partial charge in [0.05, 0.1) is 23.7 Å². The Hall–Kier alpha value is -2.45. The lowest BCUT2D eigenvalue weighted by Gasteiger charge is -2.39. The van der Waals surface area contributed by atoms with Crippen molar-refractivity contribution in [3.8, 4) is 12.1 Å². The van der Waals surface area contributed by atoms with Gasteiger partial charge in [0.15, 0.2) is 0 Å². The van der Waals surface area contributed by atoms with Crippen molar-refractivity contribution in [2.24, 2.45) is 11.7 Å². The molecular formula is C27H42N6O. The van der Waals surface area contributed by atoms with E-state index in [9.17, 15) is 10.1 Å². The fourth-order valence-electron chi connectivity index (χ4n) is 5.10. The molecule has 2 heterocycles. The summed E-state index contributed by atoms with van der Waals surface area (Å²) >= 11 is 0. The monoisotopic (exact) mass is 466 g/mol. The van der Waals surface area contributed by atoms with Gasteiger partial charge in [0.25, 0.3) is 0 Å². The van der Waals surface area contributed by atoms with Gasteiger partial charge in [0.1, 0.15) is 6.04 Å². The topological polar surface area (TPSA) is 100 Å². The number of rotatable bonds is 6. The molecule has 7 nitrogen and oxygen atoms in total. The number of likely N-dealkylation sites (N-methyl/N-ethyl adjacent to an activating group) is 1. The summed E-state index contributed by atoms with van der Waals surface area (Å²) < 4.78 is 0. The molecule has 3 aliphatic rings. The molecule has 1 aromatic rings. The summed E-state index contributed by atoms with van der Waals surface area (Å²) in [5.41, 5.74) is 8.20. The van der Waals surface area contributed by atoms with E-state index in [1.165, 1.54) is 5.56 Å².